The number of nitrogens with one attached hydrogen (secondary N) is 2. The minimum absolute atomic E-state index is 0.0271. The Labute approximate surface area is 99.5 Å². The third-order valence-corrected chi connectivity index (χ3v) is 2.83. The van der Waals surface area contributed by atoms with Gasteiger partial charge in [0, 0.05) is 30.6 Å². The van der Waals surface area contributed by atoms with Gasteiger partial charge in [-0.3, -0.25) is 4.79 Å². The Hall–Kier alpha value is -1.38. The summed E-state index contributed by atoms with van der Waals surface area (Å²) in [5.74, 6) is 2.33. The van der Waals surface area contributed by atoms with E-state index in [1.807, 2.05) is 12.3 Å². The minimum atomic E-state index is -0.0271. The quantitative estimate of drug-likeness (QED) is 0.565. The van der Waals surface area contributed by atoms with Crippen LogP contribution in [0.1, 0.15) is 17.1 Å². The fraction of sp³-hybridized carbons (Fsp3) is 0.455. The summed E-state index contributed by atoms with van der Waals surface area (Å²) in [5.41, 5.74) is 1.04. The van der Waals surface area contributed by atoms with Crippen molar-refractivity contribution in [3.8, 4) is 12.3 Å². The van der Waals surface area contributed by atoms with E-state index in [-0.39, 0.29) is 5.91 Å². The molecule has 0 saturated carbocycles. The van der Waals surface area contributed by atoms with Crippen LogP contribution in [0.3, 0.4) is 0 Å². The van der Waals surface area contributed by atoms with E-state index >= 15 is 0 Å². The van der Waals surface area contributed by atoms with Crippen molar-refractivity contribution in [3.05, 3.63) is 16.1 Å². The lowest BCUT2D eigenvalue weighted by molar-refractivity contribution is -0.120. The number of carbonyl (C=O) groups is 1. The van der Waals surface area contributed by atoms with Crippen molar-refractivity contribution in [2.75, 3.05) is 13.1 Å². The summed E-state index contributed by atoms with van der Waals surface area (Å²) in [6.45, 7) is 3.60. The average molecular weight is 237 g/mol. The lowest BCUT2D eigenvalue weighted by Crippen LogP contribution is -2.27. The second-order valence-electron chi connectivity index (χ2n) is 3.29. The second-order valence-corrected chi connectivity index (χ2v) is 4.23. The SMILES string of the molecule is C#CCNC(=O)CCNCc1nc(C)cs1. The molecule has 2 N–H and O–H groups in total. The Kier molecular flexibility index (Phi) is 5.54. The number of hydrogen-bond donors (Lipinski definition) is 2. The maximum Gasteiger partial charge on any atom is 0.222 e. The lowest BCUT2D eigenvalue weighted by atomic mass is 10.4. The highest BCUT2D eigenvalue weighted by molar-refractivity contribution is 7.09. The molecule has 0 atom stereocenters. The van der Waals surface area contributed by atoms with E-state index in [1.54, 1.807) is 11.3 Å². The van der Waals surface area contributed by atoms with Gasteiger partial charge in [0.05, 0.1) is 6.54 Å². The highest BCUT2D eigenvalue weighted by Crippen LogP contribution is 2.07. The molecule has 0 radical (unpaired) electrons. The van der Waals surface area contributed by atoms with Crippen LogP contribution in [0, 0.1) is 19.3 Å². The molecule has 1 amide bonds. The van der Waals surface area contributed by atoms with Crippen molar-refractivity contribution >= 4 is 17.2 Å². The van der Waals surface area contributed by atoms with Gasteiger partial charge < -0.3 is 10.6 Å². The van der Waals surface area contributed by atoms with E-state index in [0.29, 0.717) is 26.1 Å². The number of thiazole rings is 1. The molecule has 0 aliphatic rings. The van der Waals surface area contributed by atoms with Crippen LogP contribution >= 0.6 is 11.3 Å². The molecule has 86 valence electrons. The summed E-state index contributed by atoms with van der Waals surface area (Å²) in [4.78, 5) is 15.5. The molecule has 4 nitrogen and oxygen atoms in total. The smallest absolute Gasteiger partial charge is 0.222 e. The van der Waals surface area contributed by atoms with Crippen LogP contribution in [-0.2, 0) is 11.3 Å². The number of carbonyl (C=O) groups excluding carboxylic acids is 1. The van der Waals surface area contributed by atoms with Crippen LogP contribution in [-0.4, -0.2) is 24.0 Å². The fourth-order valence-corrected chi connectivity index (χ4v) is 1.86. The van der Waals surface area contributed by atoms with Crippen molar-refractivity contribution in [1.82, 2.24) is 15.6 Å². The molecule has 0 aromatic carbocycles. The summed E-state index contributed by atoms with van der Waals surface area (Å²) in [7, 11) is 0. The van der Waals surface area contributed by atoms with Crippen LogP contribution in [0.5, 0.6) is 0 Å². The number of nitrogens with zero attached hydrogens (tertiary/aromatic N) is 1. The summed E-state index contributed by atoms with van der Waals surface area (Å²) in [5, 5.41) is 8.82. The van der Waals surface area contributed by atoms with Crippen molar-refractivity contribution < 1.29 is 4.79 Å². The summed E-state index contributed by atoms with van der Waals surface area (Å²) >= 11 is 1.62. The van der Waals surface area contributed by atoms with Gasteiger partial charge in [-0.05, 0) is 6.92 Å². The first-order chi connectivity index (χ1) is 7.72. The zero-order chi connectivity index (χ0) is 11.8. The Balaban J connectivity index is 2.08. The van der Waals surface area contributed by atoms with Gasteiger partial charge in [-0.2, -0.15) is 0 Å². The van der Waals surface area contributed by atoms with E-state index in [1.165, 1.54) is 0 Å². The van der Waals surface area contributed by atoms with E-state index in [0.717, 1.165) is 10.7 Å². The molecule has 1 rings (SSSR count). The van der Waals surface area contributed by atoms with Crippen LogP contribution in [0.25, 0.3) is 0 Å². The maximum absolute atomic E-state index is 11.2. The van der Waals surface area contributed by atoms with Crippen molar-refractivity contribution in [1.29, 1.82) is 0 Å². The van der Waals surface area contributed by atoms with Crippen LogP contribution in [0.15, 0.2) is 5.38 Å². The second kappa shape index (κ2) is 6.99. The van der Waals surface area contributed by atoms with Gasteiger partial charge in [0.25, 0.3) is 0 Å². The van der Waals surface area contributed by atoms with Crippen LogP contribution in [0.4, 0.5) is 0 Å². The third-order valence-electron chi connectivity index (χ3n) is 1.86. The number of aromatic nitrogens is 1. The van der Waals surface area contributed by atoms with Gasteiger partial charge in [-0.25, -0.2) is 4.98 Å². The van der Waals surface area contributed by atoms with E-state index in [2.05, 4.69) is 21.5 Å². The van der Waals surface area contributed by atoms with Gasteiger partial charge in [-0.1, -0.05) is 5.92 Å². The predicted octanol–water partition coefficient (Wildman–Crippen LogP) is 0.681. The van der Waals surface area contributed by atoms with Gasteiger partial charge in [0.15, 0.2) is 0 Å². The number of hydrogen-bond acceptors (Lipinski definition) is 4. The highest BCUT2D eigenvalue weighted by Gasteiger charge is 2.00. The molecule has 0 aliphatic carbocycles. The van der Waals surface area contributed by atoms with Gasteiger partial charge >= 0.3 is 0 Å². The minimum Gasteiger partial charge on any atom is -0.345 e. The molecule has 0 aliphatic heterocycles. The molecule has 1 aromatic rings. The summed E-state index contributed by atoms with van der Waals surface area (Å²) in [6.07, 6.45) is 5.46. The topological polar surface area (TPSA) is 54.0 Å². The Bertz CT molecular complexity index is 381. The van der Waals surface area contributed by atoms with Gasteiger partial charge in [-0.15, -0.1) is 17.8 Å². The number of amides is 1. The van der Waals surface area contributed by atoms with Crippen molar-refractivity contribution in [2.45, 2.75) is 19.9 Å². The molecule has 0 bridgehead atoms. The van der Waals surface area contributed by atoms with Crippen molar-refractivity contribution in [2.24, 2.45) is 0 Å². The number of rotatable bonds is 6. The molecular weight excluding hydrogens is 222 g/mol. The third kappa shape index (κ3) is 4.91. The average Bonchev–Trinajstić information content (AvgIpc) is 2.67. The summed E-state index contributed by atoms with van der Waals surface area (Å²) < 4.78 is 0. The molecule has 16 heavy (non-hydrogen) atoms. The first-order valence-corrected chi connectivity index (χ1v) is 5.92. The Morgan fingerprint density at radius 1 is 1.69 bits per heavy atom. The molecule has 1 aromatic heterocycles. The molecule has 0 saturated heterocycles. The molecule has 1 heterocycles. The molecule has 0 unspecified atom stereocenters. The molecular formula is C11H15N3OS. The number of terminal acetylenes is 1. The predicted molar refractivity (Wildman–Crippen MR) is 65.0 cm³/mol. The van der Waals surface area contributed by atoms with Crippen molar-refractivity contribution in [3.63, 3.8) is 0 Å². The van der Waals surface area contributed by atoms with E-state index in [4.69, 9.17) is 6.42 Å². The lowest BCUT2D eigenvalue weighted by Gasteiger charge is -2.02. The van der Waals surface area contributed by atoms with Gasteiger partial charge in [0.2, 0.25) is 5.91 Å². The van der Waals surface area contributed by atoms with E-state index < -0.39 is 0 Å². The Morgan fingerprint density at radius 3 is 3.12 bits per heavy atom. The zero-order valence-corrected chi connectivity index (χ0v) is 10.1. The first kappa shape index (κ1) is 12.7. The first-order valence-electron chi connectivity index (χ1n) is 5.04. The molecule has 0 fully saturated rings. The summed E-state index contributed by atoms with van der Waals surface area (Å²) in [6, 6.07) is 0. The standard InChI is InChI=1S/C11H15N3OS/c1-3-5-13-10(15)4-6-12-7-11-14-9(2)8-16-11/h1,8,12H,4-7H2,2H3,(H,13,15). The largest absolute Gasteiger partial charge is 0.345 e. The normalized spacial score (nSPS) is 9.75. The number of aryl methyl sites for hydroxylation is 1. The maximum atomic E-state index is 11.2. The fourth-order valence-electron chi connectivity index (χ4n) is 1.12. The highest BCUT2D eigenvalue weighted by atomic mass is 32.1. The zero-order valence-electron chi connectivity index (χ0n) is 9.25. The molecule has 0 spiro atoms. The molecule has 5 heteroatoms. The van der Waals surface area contributed by atoms with Crippen LogP contribution in [0.2, 0.25) is 0 Å². The monoisotopic (exact) mass is 237 g/mol. The Morgan fingerprint density at radius 2 is 2.50 bits per heavy atom. The van der Waals surface area contributed by atoms with Crippen LogP contribution < -0.4 is 10.6 Å². The van der Waals surface area contributed by atoms with Gasteiger partial charge in [0.1, 0.15) is 5.01 Å². The van der Waals surface area contributed by atoms with E-state index in [9.17, 15) is 4.79 Å².